The summed E-state index contributed by atoms with van der Waals surface area (Å²) in [5.41, 5.74) is 1.91. The van der Waals surface area contributed by atoms with E-state index in [-0.39, 0.29) is 30.1 Å². The molecule has 2 amide bonds. The van der Waals surface area contributed by atoms with Crippen molar-refractivity contribution in [1.82, 2.24) is 19.8 Å². The fraction of sp³-hybridized carbons (Fsp3) is 0.450. The number of amides is 2. The molecule has 7 heteroatoms. The Morgan fingerprint density at radius 3 is 2.56 bits per heavy atom. The Kier molecular flexibility index (Phi) is 4.68. The van der Waals surface area contributed by atoms with Gasteiger partial charge in [-0.05, 0) is 30.5 Å². The Morgan fingerprint density at radius 1 is 1.22 bits per heavy atom. The fourth-order valence-electron chi connectivity index (χ4n) is 4.34. The molecular weight excluding hydrogens is 347 g/mol. The number of imidazole rings is 1. The summed E-state index contributed by atoms with van der Waals surface area (Å²) in [6, 6.07) is 5.75. The number of nitrogens with one attached hydrogen (secondary N) is 1. The van der Waals surface area contributed by atoms with Gasteiger partial charge in [-0.25, -0.2) is 9.37 Å². The lowest BCUT2D eigenvalue weighted by Crippen LogP contribution is -2.42. The lowest BCUT2D eigenvalue weighted by molar-refractivity contribution is -0.137. The van der Waals surface area contributed by atoms with Gasteiger partial charge in [-0.2, -0.15) is 0 Å². The van der Waals surface area contributed by atoms with E-state index in [9.17, 15) is 14.0 Å². The zero-order chi connectivity index (χ0) is 19.0. The van der Waals surface area contributed by atoms with E-state index in [1.54, 1.807) is 30.4 Å². The SMILES string of the molecule is CN1C(=O)CC(C(=O)N2CCC(c3cnc[nH]3)CC2)C1c1ccc(F)cc1. The molecule has 142 valence electrons. The van der Waals surface area contributed by atoms with Gasteiger partial charge in [0.2, 0.25) is 11.8 Å². The Balaban J connectivity index is 1.48. The van der Waals surface area contributed by atoms with Crippen molar-refractivity contribution in [1.29, 1.82) is 0 Å². The third kappa shape index (κ3) is 3.34. The van der Waals surface area contributed by atoms with Crippen LogP contribution in [0.1, 0.15) is 42.5 Å². The molecule has 4 rings (SSSR count). The molecule has 2 fully saturated rings. The molecule has 2 aliphatic heterocycles. The highest BCUT2D eigenvalue weighted by atomic mass is 19.1. The minimum absolute atomic E-state index is 0.0186. The van der Waals surface area contributed by atoms with Crippen LogP contribution in [0.4, 0.5) is 4.39 Å². The molecule has 6 nitrogen and oxygen atoms in total. The maximum atomic E-state index is 13.3. The molecule has 2 unspecified atom stereocenters. The van der Waals surface area contributed by atoms with Crippen LogP contribution >= 0.6 is 0 Å². The van der Waals surface area contributed by atoms with Gasteiger partial charge in [0.05, 0.1) is 18.3 Å². The molecule has 0 spiro atoms. The first-order valence-electron chi connectivity index (χ1n) is 9.33. The number of carbonyl (C=O) groups is 2. The standard InChI is InChI=1S/C20H23FN4O2/c1-24-18(26)10-16(19(24)14-2-4-15(21)5-3-14)20(27)25-8-6-13(7-9-25)17-11-22-12-23-17/h2-5,11-13,16,19H,6-10H2,1H3,(H,22,23). The molecule has 0 radical (unpaired) electrons. The average molecular weight is 370 g/mol. The van der Waals surface area contributed by atoms with Crippen LogP contribution in [-0.2, 0) is 9.59 Å². The molecule has 0 saturated carbocycles. The molecule has 2 aliphatic rings. The van der Waals surface area contributed by atoms with E-state index >= 15 is 0 Å². The minimum atomic E-state index is -0.420. The van der Waals surface area contributed by atoms with E-state index < -0.39 is 5.92 Å². The van der Waals surface area contributed by atoms with E-state index in [2.05, 4.69) is 9.97 Å². The Labute approximate surface area is 157 Å². The highest BCUT2D eigenvalue weighted by Gasteiger charge is 2.44. The second kappa shape index (κ2) is 7.13. The van der Waals surface area contributed by atoms with Crippen LogP contribution < -0.4 is 0 Å². The summed E-state index contributed by atoms with van der Waals surface area (Å²) in [5, 5.41) is 0. The lowest BCUT2D eigenvalue weighted by atomic mass is 9.89. The van der Waals surface area contributed by atoms with Gasteiger partial charge < -0.3 is 14.8 Å². The van der Waals surface area contributed by atoms with Crippen LogP contribution in [0.25, 0.3) is 0 Å². The lowest BCUT2D eigenvalue weighted by Gasteiger charge is -2.35. The number of halogens is 1. The number of aromatic nitrogens is 2. The summed E-state index contributed by atoms with van der Waals surface area (Å²) in [6.45, 7) is 1.35. The maximum absolute atomic E-state index is 13.3. The number of likely N-dealkylation sites (tertiary alicyclic amines) is 2. The van der Waals surface area contributed by atoms with Gasteiger partial charge in [0, 0.05) is 44.4 Å². The summed E-state index contributed by atoms with van der Waals surface area (Å²) >= 11 is 0. The summed E-state index contributed by atoms with van der Waals surface area (Å²) in [5.74, 6) is -0.386. The Bertz CT molecular complexity index is 813. The van der Waals surface area contributed by atoms with Crippen molar-refractivity contribution < 1.29 is 14.0 Å². The normalized spacial score (nSPS) is 23.9. The van der Waals surface area contributed by atoms with Crippen molar-refractivity contribution in [2.45, 2.75) is 31.2 Å². The first-order chi connectivity index (χ1) is 13.0. The van der Waals surface area contributed by atoms with Gasteiger partial charge in [-0.1, -0.05) is 12.1 Å². The summed E-state index contributed by atoms with van der Waals surface area (Å²) in [6.07, 6.45) is 5.49. The van der Waals surface area contributed by atoms with Gasteiger partial charge in [0.15, 0.2) is 0 Å². The van der Waals surface area contributed by atoms with Gasteiger partial charge in [-0.3, -0.25) is 9.59 Å². The zero-order valence-electron chi connectivity index (χ0n) is 15.3. The third-order valence-electron chi connectivity index (χ3n) is 5.88. The number of benzene rings is 1. The smallest absolute Gasteiger partial charge is 0.228 e. The second-order valence-electron chi connectivity index (χ2n) is 7.42. The van der Waals surface area contributed by atoms with Crippen LogP contribution in [0.2, 0.25) is 0 Å². The topological polar surface area (TPSA) is 69.3 Å². The van der Waals surface area contributed by atoms with Gasteiger partial charge in [0.25, 0.3) is 0 Å². The second-order valence-corrected chi connectivity index (χ2v) is 7.42. The highest BCUT2D eigenvalue weighted by molar-refractivity contribution is 5.90. The predicted octanol–water partition coefficient (Wildman–Crippen LogP) is 2.47. The Hall–Kier alpha value is -2.70. The van der Waals surface area contributed by atoms with E-state index in [1.165, 1.54) is 12.1 Å². The monoisotopic (exact) mass is 370 g/mol. The molecule has 3 heterocycles. The molecule has 1 N–H and O–H groups in total. The molecule has 1 aromatic carbocycles. The molecule has 27 heavy (non-hydrogen) atoms. The van der Waals surface area contributed by atoms with Crippen molar-refractivity contribution in [3.8, 4) is 0 Å². The summed E-state index contributed by atoms with van der Waals surface area (Å²) in [7, 11) is 1.72. The van der Waals surface area contributed by atoms with Gasteiger partial charge in [-0.15, -0.1) is 0 Å². The number of nitrogens with zero attached hydrogens (tertiary/aromatic N) is 3. The molecule has 0 bridgehead atoms. The predicted molar refractivity (Wildman–Crippen MR) is 97.2 cm³/mol. The molecule has 2 saturated heterocycles. The zero-order valence-corrected chi connectivity index (χ0v) is 15.3. The Morgan fingerprint density at radius 2 is 1.93 bits per heavy atom. The maximum Gasteiger partial charge on any atom is 0.228 e. The first-order valence-corrected chi connectivity index (χ1v) is 9.33. The number of hydrogen-bond donors (Lipinski definition) is 1. The van der Waals surface area contributed by atoms with Gasteiger partial charge in [0.1, 0.15) is 5.82 Å². The van der Waals surface area contributed by atoms with Crippen molar-refractivity contribution in [2.24, 2.45) is 5.92 Å². The third-order valence-corrected chi connectivity index (χ3v) is 5.88. The summed E-state index contributed by atoms with van der Waals surface area (Å²) < 4.78 is 13.3. The van der Waals surface area contributed by atoms with Gasteiger partial charge >= 0.3 is 0 Å². The number of rotatable bonds is 3. The minimum Gasteiger partial charge on any atom is -0.348 e. The fourth-order valence-corrected chi connectivity index (χ4v) is 4.34. The number of hydrogen-bond acceptors (Lipinski definition) is 3. The van der Waals surface area contributed by atoms with E-state index in [1.807, 2.05) is 11.1 Å². The molecule has 1 aromatic heterocycles. The van der Waals surface area contributed by atoms with Crippen LogP contribution in [0.15, 0.2) is 36.8 Å². The molecule has 2 aromatic rings. The van der Waals surface area contributed by atoms with Crippen molar-refractivity contribution in [3.63, 3.8) is 0 Å². The van der Waals surface area contributed by atoms with Crippen LogP contribution in [-0.4, -0.2) is 51.7 Å². The molecular formula is C20H23FN4O2. The van der Waals surface area contributed by atoms with Crippen LogP contribution in [0.3, 0.4) is 0 Å². The number of aromatic amines is 1. The number of piperidine rings is 1. The largest absolute Gasteiger partial charge is 0.348 e. The quantitative estimate of drug-likeness (QED) is 0.902. The van der Waals surface area contributed by atoms with E-state index in [0.717, 1.165) is 24.1 Å². The van der Waals surface area contributed by atoms with E-state index in [0.29, 0.717) is 19.0 Å². The van der Waals surface area contributed by atoms with Crippen molar-refractivity contribution in [2.75, 3.05) is 20.1 Å². The molecule has 0 aliphatic carbocycles. The highest BCUT2D eigenvalue weighted by Crippen LogP contribution is 2.39. The summed E-state index contributed by atoms with van der Waals surface area (Å²) in [4.78, 5) is 36.2. The average Bonchev–Trinajstić information content (AvgIpc) is 3.32. The van der Waals surface area contributed by atoms with Crippen molar-refractivity contribution in [3.05, 3.63) is 53.9 Å². The van der Waals surface area contributed by atoms with Crippen LogP contribution in [0.5, 0.6) is 0 Å². The van der Waals surface area contributed by atoms with Crippen molar-refractivity contribution >= 4 is 11.8 Å². The molecule has 2 atom stereocenters. The number of carbonyl (C=O) groups excluding carboxylic acids is 2. The number of H-pyrrole nitrogens is 1. The van der Waals surface area contributed by atoms with Crippen LogP contribution in [0, 0.1) is 11.7 Å². The first kappa shape index (κ1) is 17.7. The van der Waals surface area contributed by atoms with E-state index in [4.69, 9.17) is 0 Å².